The van der Waals surface area contributed by atoms with E-state index in [1.807, 2.05) is 22.9 Å². The maximum Gasteiger partial charge on any atom is 0.419 e. The highest BCUT2D eigenvalue weighted by Crippen LogP contribution is 2.33. The van der Waals surface area contributed by atoms with E-state index in [9.17, 15) is 26.0 Å². The molecule has 30 heavy (non-hydrogen) atoms. The summed E-state index contributed by atoms with van der Waals surface area (Å²) in [5.41, 5.74) is 0.988. The number of anilines is 1. The van der Waals surface area contributed by atoms with Crippen LogP contribution in [0.2, 0.25) is 0 Å². The predicted molar refractivity (Wildman–Crippen MR) is 105 cm³/mol. The number of hydrogen-bond acceptors (Lipinski definition) is 4. The molecule has 0 bridgehead atoms. The van der Waals surface area contributed by atoms with Gasteiger partial charge in [0.25, 0.3) is 10.0 Å². The topological polar surface area (TPSA) is 63.5 Å². The Hall–Kier alpha value is -2.92. The normalized spacial score (nSPS) is 12.4. The average Bonchev–Trinajstić information content (AvgIpc) is 3.23. The van der Waals surface area contributed by atoms with Crippen LogP contribution < -0.4 is 4.72 Å². The van der Waals surface area contributed by atoms with Crippen LogP contribution in [-0.4, -0.2) is 17.8 Å². The SMILES string of the molecule is Cc1csc2nc(-c3ccc(NS(=O)(=O)c4ccc(F)c(C(F)(F)F)c4)cc3)cn12. The highest BCUT2D eigenvalue weighted by Gasteiger charge is 2.35. The molecule has 0 radical (unpaired) electrons. The molecule has 0 atom stereocenters. The van der Waals surface area contributed by atoms with Crippen molar-refractivity contribution in [1.29, 1.82) is 0 Å². The molecule has 0 aliphatic heterocycles. The lowest BCUT2D eigenvalue weighted by molar-refractivity contribution is -0.140. The standard InChI is InChI=1S/C19H13F4N3O2S2/c1-11-10-29-18-24-17(9-26(11)18)12-2-4-13(5-3-12)25-30(27,28)14-6-7-16(20)15(8-14)19(21,22)23/h2-10,25H,1H3. The van der Waals surface area contributed by atoms with Crippen molar-refractivity contribution in [2.24, 2.45) is 0 Å². The van der Waals surface area contributed by atoms with E-state index in [2.05, 4.69) is 9.71 Å². The van der Waals surface area contributed by atoms with Crippen molar-refractivity contribution < 1.29 is 26.0 Å². The van der Waals surface area contributed by atoms with Crippen LogP contribution in [0.1, 0.15) is 11.3 Å². The number of aromatic nitrogens is 2. The first kappa shape index (κ1) is 20.4. The molecule has 0 saturated heterocycles. The van der Waals surface area contributed by atoms with E-state index in [1.54, 1.807) is 12.1 Å². The minimum absolute atomic E-state index is 0.147. The van der Waals surface area contributed by atoms with E-state index < -0.39 is 32.5 Å². The fourth-order valence-electron chi connectivity index (χ4n) is 2.84. The van der Waals surface area contributed by atoms with Gasteiger partial charge in [-0.1, -0.05) is 12.1 Å². The molecule has 5 nitrogen and oxygen atoms in total. The number of nitrogens with zero attached hydrogens (tertiary/aromatic N) is 2. The third kappa shape index (κ3) is 3.77. The first-order valence-electron chi connectivity index (χ1n) is 8.48. The molecule has 156 valence electrons. The highest BCUT2D eigenvalue weighted by molar-refractivity contribution is 7.92. The lowest BCUT2D eigenvalue weighted by Crippen LogP contribution is -2.15. The summed E-state index contributed by atoms with van der Waals surface area (Å²) >= 11 is 1.50. The van der Waals surface area contributed by atoms with Gasteiger partial charge in [0.05, 0.1) is 16.2 Å². The number of thiazole rings is 1. The second-order valence-corrected chi connectivity index (χ2v) is 9.00. The number of aryl methyl sites for hydroxylation is 1. The molecule has 4 aromatic rings. The van der Waals surface area contributed by atoms with Gasteiger partial charge < -0.3 is 0 Å². The number of rotatable bonds is 4. The number of fused-ring (bicyclic) bond motifs is 1. The van der Waals surface area contributed by atoms with Crippen LogP contribution in [0.25, 0.3) is 16.2 Å². The van der Waals surface area contributed by atoms with Gasteiger partial charge >= 0.3 is 6.18 Å². The van der Waals surface area contributed by atoms with E-state index in [-0.39, 0.29) is 11.8 Å². The maximum absolute atomic E-state index is 13.4. The number of hydrogen-bond donors (Lipinski definition) is 1. The van der Waals surface area contributed by atoms with Crippen LogP contribution in [0.15, 0.2) is 58.9 Å². The molecule has 11 heteroatoms. The van der Waals surface area contributed by atoms with Gasteiger partial charge in [-0.15, -0.1) is 11.3 Å². The van der Waals surface area contributed by atoms with E-state index in [0.29, 0.717) is 11.8 Å². The smallest absolute Gasteiger partial charge is 0.294 e. The number of benzene rings is 2. The van der Waals surface area contributed by atoms with Crippen molar-refractivity contribution >= 4 is 32.0 Å². The molecular weight excluding hydrogens is 442 g/mol. The number of imidazole rings is 1. The molecule has 1 N–H and O–H groups in total. The Labute approximate surface area is 172 Å². The number of halogens is 4. The first-order chi connectivity index (χ1) is 14.0. The third-order valence-electron chi connectivity index (χ3n) is 4.37. The number of nitrogens with one attached hydrogen (secondary N) is 1. The summed E-state index contributed by atoms with van der Waals surface area (Å²) in [5.74, 6) is -1.54. The Morgan fingerprint density at radius 2 is 1.80 bits per heavy atom. The summed E-state index contributed by atoms with van der Waals surface area (Å²) < 4.78 is 81.1. The molecule has 0 aliphatic carbocycles. The summed E-state index contributed by atoms with van der Waals surface area (Å²) in [7, 11) is -4.34. The van der Waals surface area contributed by atoms with Gasteiger partial charge in [0.15, 0.2) is 4.96 Å². The van der Waals surface area contributed by atoms with Crippen LogP contribution in [0.5, 0.6) is 0 Å². The molecular formula is C19H13F4N3O2S2. The zero-order valence-electron chi connectivity index (χ0n) is 15.2. The third-order valence-corrected chi connectivity index (χ3v) is 6.71. The zero-order chi connectivity index (χ0) is 21.7. The highest BCUT2D eigenvalue weighted by atomic mass is 32.2. The Balaban J connectivity index is 1.59. The van der Waals surface area contributed by atoms with Crippen molar-refractivity contribution in [3.05, 3.63) is 71.1 Å². The number of alkyl halides is 3. The van der Waals surface area contributed by atoms with Crippen LogP contribution in [0.4, 0.5) is 23.2 Å². The van der Waals surface area contributed by atoms with Gasteiger partial charge in [-0.05, 0) is 37.3 Å². The summed E-state index contributed by atoms with van der Waals surface area (Å²) in [6, 6.07) is 7.76. The zero-order valence-corrected chi connectivity index (χ0v) is 16.9. The fraction of sp³-hybridized carbons (Fsp3) is 0.105. The predicted octanol–water partition coefficient (Wildman–Crippen LogP) is 5.33. The van der Waals surface area contributed by atoms with Crippen LogP contribution in [-0.2, 0) is 16.2 Å². The quantitative estimate of drug-likeness (QED) is 0.423. The Kier molecular flexibility index (Phi) is 4.82. The average molecular weight is 455 g/mol. The van der Waals surface area contributed by atoms with Crippen molar-refractivity contribution in [1.82, 2.24) is 9.38 Å². The van der Waals surface area contributed by atoms with Gasteiger partial charge in [-0.25, -0.2) is 17.8 Å². The van der Waals surface area contributed by atoms with Crippen LogP contribution in [0, 0.1) is 12.7 Å². The Morgan fingerprint density at radius 3 is 2.43 bits per heavy atom. The molecule has 2 heterocycles. The summed E-state index contributed by atoms with van der Waals surface area (Å²) in [5, 5.41) is 1.98. The molecule has 0 spiro atoms. The second kappa shape index (κ2) is 7.10. The first-order valence-corrected chi connectivity index (χ1v) is 10.8. The number of sulfonamides is 1. The Morgan fingerprint density at radius 1 is 1.10 bits per heavy atom. The minimum atomic E-state index is -5.01. The van der Waals surface area contributed by atoms with E-state index in [1.165, 1.54) is 23.5 Å². The van der Waals surface area contributed by atoms with E-state index >= 15 is 0 Å². The van der Waals surface area contributed by atoms with Gasteiger partial charge in [-0.2, -0.15) is 13.2 Å². The summed E-state index contributed by atoms with van der Waals surface area (Å²) in [4.78, 5) is 4.63. The van der Waals surface area contributed by atoms with Gasteiger partial charge in [0.1, 0.15) is 5.82 Å². The molecule has 0 unspecified atom stereocenters. The van der Waals surface area contributed by atoms with Crippen molar-refractivity contribution in [3.63, 3.8) is 0 Å². The lowest BCUT2D eigenvalue weighted by Gasteiger charge is -2.12. The Bertz CT molecular complexity index is 1340. The van der Waals surface area contributed by atoms with Crippen molar-refractivity contribution in [2.75, 3.05) is 4.72 Å². The monoisotopic (exact) mass is 455 g/mol. The van der Waals surface area contributed by atoms with Crippen molar-refractivity contribution in [3.8, 4) is 11.3 Å². The minimum Gasteiger partial charge on any atom is -0.294 e. The largest absolute Gasteiger partial charge is 0.419 e. The van der Waals surface area contributed by atoms with Gasteiger partial charge in [0, 0.05) is 28.5 Å². The molecule has 2 aromatic carbocycles. The molecule has 0 amide bonds. The molecule has 0 saturated carbocycles. The van der Waals surface area contributed by atoms with Crippen LogP contribution in [0.3, 0.4) is 0 Å². The second-order valence-electron chi connectivity index (χ2n) is 6.48. The molecule has 4 rings (SSSR count). The van der Waals surface area contributed by atoms with E-state index in [0.717, 1.165) is 22.3 Å². The molecule has 0 fully saturated rings. The van der Waals surface area contributed by atoms with Crippen molar-refractivity contribution in [2.45, 2.75) is 18.0 Å². The summed E-state index contributed by atoms with van der Waals surface area (Å²) in [6.07, 6.45) is -3.15. The van der Waals surface area contributed by atoms with Gasteiger partial charge in [-0.3, -0.25) is 9.12 Å². The van der Waals surface area contributed by atoms with Crippen LogP contribution >= 0.6 is 11.3 Å². The maximum atomic E-state index is 13.4. The van der Waals surface area contributed by atoms with Gasteiger partial charge in [0.2, 0.25) is 0 Å². The lowest BCUT2D eigenvalue weighted by atomic mass is 10.1. The molecule has 0 aliphatic rings. The van der Waals surface area contributed by atoms with E-state index in [4.69, 9.17) is 0 Å². The summed E-state index contributed by atoms with van der Waals surface area (Å²) in [6.45, 7) is 1.95. The fourth-order valence-corrected chi connectivity index (χ4v) is 4.78. The molecule has 2 aromatic heterocycles.